The lowest BCUT2D eigenvalue weighted by Crippen LogP contribution is -2.04. The predicted molar refractivity (Wildman–Crippen MR) is 76.4 cm³/mol. The fraction of sp³-hybridized carbons (Fsp3) is 0.600. The molecule has 5 atom stereocenters. The zero-order valence-electron chi connectivity index (χ0n) is 9.95. The lowest BCUT2D eigenvalue weighted by atomic mass is 9.97. The highest BCUT2D eigenvalue weighted by atomic mass is 35.5. The van der Waals surface area contributed by atoms with Gasteiger partial charge >= 0.3 is 0 Å². The van der Waals surface area contributed by atoms with Gasteiger partial charge in [0.15, 0.2) is 0 Å². The zero-order chi connectivity index (χ0) is 12.4. The molecule has 96 valence electrons. The van der Waals surface area contributed by atoms with Crippen LogP contribution in [0.3, 0.4) is 0 Å². The van der Waals surface area contributed by atoms with Crippen molar-refractivity contribution in [1.82, 2.24) is 0 Å². The number of alkyl halides is 1. The van der Waals surface area contributed by atoms with Gasteiger partial charge in [-0.25, -0.2) is 0 Å². The monoisotopic (exact) mass is 300 g/mol. The van der Waals surface area contributed by atoms with Crippen molar-refractivity contribution in [2.24, 2.45) is 29.6 Å². The molecular weight excluding hydrogens is 287 g/mol. The minimum Gasteiger partial charge on any atom is -0.117 e. The second-order valence-corrected chi connectivity index (χ2v) is 7.45. The summed E-state index contributed by atoms with van der Waals surface area (Å²) in [6.45, 7) is 0. The minimum absolute atomic E-state index is 0.0770. The third-order valence-electron chi connectivity index (χ3n) is 5.39. The average molecular weight is 302 g/mol. The Morgan fingerprint density at radius 1 is 1.06 bits per heavy atom. The number of fused-ring (bicyclic) bond motifs is 5. The normalized spacial score (nSPS) is 41.8. The molecule has 18 heavy (non-hydrogen) atoms. The van der Waals surface area contributed by atoms with Crippen LogP contribution in [0.1, 0.15) is 30.2 Å². The lowest BCUT2D eigenvalue weighted by Gasteiger charge is -2.16. The van der Waals surface area contributed by atoms with Gasteiger partial charge in [-0.3, -0.25) is 0 Å². The maximum atomic E-state index is 6.69. The quantitative estimate of drug-likeness (QED) is 0.627. The van der Waals surface area contributed by atoms with Crippen molar-refractivity contribution in [3.05, 3.63) is 33.8 Å². The van der Waals surface area contributed by atoms with Crippen LogP contribution in [0, 0.1) is 29.6 Å². The van der Waals surface area contributed by atoms with E-state index in [0.29, 0.717) is 10.9 Å². The molecule has 3 heteroatoms. The largest absolute Gasteiger partial charge is 0.117 e. The van der Waals surface area contributed by atoms with E-state index in [1.165, 1.54) is 19.3 Å². The summed E-state index contributed by atoms with van der Waals surface area (Å²) in [7, 11) is 0. The van der Waals surface area contributed by atoms with Crippen LogP contribution in [0.5, 0.6) is 0 Å². The van der Waals surface area contributed by atoms with Crippen LogP contribution < -0.4 is 0 Å². The van der Waals surface area contributed by atoms with Gasteiger partial charge in [-0.15, -0.1) is 11.6 Å². The molecule has 0 N–H and O–H groups in total. The van der Waals surface area contributed by atoms with Gasteiger partial charge in [-0.05, 0) is 66.5 Å². The molecule has 3 saturated carbocycles. The Morgan fingerprint density at radius 3 is 2.33 bits per heavy atom. The van der Waals surface area contributed by atoms with Crippen molar-refractivity contribution in [2.75, 3.05) is 0 Å². The van der Waals surface area contributed by atoms with E-state index in [9.17, 15) is 0 Å². The van der Waals surface area contributed by atoms with Gasteiger partial charge in [0, 0.05) is 10.0 Å². The molecule has 2 bridgehead atoms. The molecule has 0 amide bonds. The van der Waals surface area contributed by atoms with Crippen LogP contribution in [0.2, 0.25) is 10.0 Å². The highest BCUT2D eigenvalue weighted by molar-refractivity contribution is 6.35. The third-order valence-corrected chi connectivity index (χ3v) is 6.48. The molecule has 3 fully saturated rings. The highest BCUT2D eigenvalue weighted by Crippen LogP contribution is 2.73. The first-order chi connectivity index (χ1) is 8.66. The molecule has 4 rings (SSSR count). The van der Waals surface area contributed by atoms with Crippen LogP contribution >= 0.6 is 34.8 Å². The van der Waals surface area contributed by atoms with Gasteiger partial charge in [-0.1, -0.05) is 29.3 Å². The Kier molecular flexibility index (Phi) is 2.67. The van der Waals surface area contributed by atoms with E-state index >= 15 is 0 Å². The molecule has 0 radical (unpaired) electrons. The maximum Gasteiger partial charge on any atom is 0.0633 e. The molecule has 0 nitrogen and oxygen atoms in total. The Bertz CT molecular complexity index is 483. The van der Waals surface area contributed by atoms with Crippen molar-refractivity contribution in [1.29, 1.82) is 0 Å². The molecule has 0 heterocycles. The Hall–Kier alpha value is 0.0900. The van der Waals surface area contributed by atoms with Crippen molar-refractivity contribution in [2.45, 2.75) is 24.6 Å². The number of hydrogen-bond acceptors (Lipinski definition) is 0. The van der Waals surface area contributed by atoms with Crippen LogP contribution in [-0.2, 0) is 0 Å². The summed E-state index contributed by atoms with van der Waals surface area (Å²) in [5.41, 5.74) is 1.07. The van der Waals surface area contributed by atoms with E-state index in [0.717, 1.165) is 34.3 Å². The number of hydrogen-bond donors (Lipinski definition) is 0. The molecule has 1 aromatic carbocycles. The molecule has 5 unspecified atom stereocenters. The second kappa shape index (κ2) is 4.04. The molecule has 3 aliphatic rings. The third kappa shape index (κ3) is 1.58. The first-order valence-electron chi connectivity index (χ1n) is 6.76. The van der Waals surface area contributed by atoms with E-state index in [4.69, 9.17) is 34.8 Å². The molecule has 1 aromatic rings. The molecule has 0 spiro atoms. The standard InChI is InChI=1S/C15H15Cl3/c16-9-3-4-10(11(17)6-9)15(18)14-12-7-1-2-8(5-7)13(12)14/h3-4,6-8,12-15H,1-2,5H2. The lowest BCUT2D eigenvalue weighted by molar-refractivity contribution is 0.455. The van der Waals surface area contributed by atoms with E-state index < -0.39 is 0 Å². The van der Waals surface area contributed by atoms with Crippen molar-refractivity contribution < 1.29 is 0 Å². The summed E-state index contributed by atoms with van der Waals surface area (Å²) >= 11 is 18.9. The smallest absolute Gasteiger partial charge is 0.0633 e. The first-order valence-corrected chi connectivity index (χ1v) is 7.95. The summed E-state index contributed by atoms with van der Waals surface area (Å²) in [5.74, 6) is 4.35. The van der Waals surface area contributed by atoms with Crippen molar-refractivity contribution >= 4 is 34.8 Å². The van der Waals surface area contributed by atoms with Gasteiger partial charge in [0.1, 0.15) is 0 Å². The molecule has 0 aromatic heterocycles. The Labute approximate surface area is 123 Å². The van der Waals surface area contributed by atoms with Crippen LogP contribution in [0.15, 0.2) is 18.2 Å². The van der Waals surface area contributed by atoms with Gasteiger partial charge < -0.3 is 0 Å². The Balaban J connectivity index is 1.60. The highest BCUT2D eigenvalue weighted by Gasteiger charge is 2.66. The minimum atomic E-state index is 0.0770. The SMILES string of the molecule is Clc1ccc(C(Cl)C2C3C4CCC(C4)C32)c(Cl)c1. The van der Waals surface area contributed by atoms with Crippen LogP contribution in [0.4, 0.5) is 0 Å². The van der Waals surface area contributed by atoms with Gasteiger partial charge in [-0.2, -0.15) is 0 Å². The summed E-state index contributed by atoms with van der Waals surface area (Å²) in [6.07, 6.45) is 4.32. The van der Waals surface area contributed by atoms with Crippen LogP contribution in [0.25, 0.3) is 0 Å². The van der Waals surface area contributed by atoms with E-state index in [1.54, 1.807) is 6.07 Å². The molecule has 0 aliphatic heterocycles. The van der Waals surface area contributed by atoms with E-state index in [1.807, 2.05) is 12.1 Å². The summed E-state index contributed by atoms with van der Waals surface area (Å²) in [6, 6.07) is 5.70. The van der Waals surface area contributed by atoms with Gasteiger partial charge in [0.2, 0.25) is 0 Å². The van der Waals surface area contributed by atoms with Gasteiger partial charge in [0.25, 0.3) is 0 Å². The van der Waals surface area contributed by atoms with Crippen LogP contribution in [-0.4, -0.2) is 0 Å². The zero-order valence-corrected chi connectivity index (χ0v) is 12.2. The number of halogens is 3. The summed E-state index contributed by atoms with van der Waals surface area (Å²) in [5, 5.41) is 1.48. The summed E-state index contributed by atoms with van der Waals surface area (Å²) in [4.78, 5) is 0. The fourth-order valence-electron chi connectivity index (χ4n) is 4.72. The summed E-state index contributed by atoms with van der Waals surface area (Å²) < 4.78 is 0. The molecule has 3 aliphatic carbocycles. The maximum absolute atomic E-state index is 6.69. The molecular formula is C15H15Cl3. The second-order valence-electron chi connectivity index (χ2n) is 6.13. The van der Waals surface area contributed by atoms with Crippen molar-refractivity contribution in [3.8, 4) is 0 Å². The number of rotatable bonds is 2. The van der Waals surface area contributed by atoms with Gasteiger partial charge in [0.05, 0.1) is 5.38 Å². The first kappa shape index (κ1) is 11.9. The molecule has 0 saturated heterocycles. The predicted octanol–water partition coefficient (Wildman–Crippen LogP) is 5.57. The topological polar surface area (TPSA) is 0 Å². The fourth-order valence-corrected chi connectivity index (χ4v) is 5.82. The average Bonchev–Trinajstić information content (AvgIpc) is 2.77. The van der Waals surface area contributed by atoms with E-state index in [2.05, 4.69) is 0 Å². The number of benzene rings is 1. The van der Waals surface area contributed by atoms with Crippen molar-refractivity contribution in [3.63, 3.8) is 0 Å². The van der Waals surface area contributed by atoms with E-state index in [-0.39, 0.29) is 5.38 Å². The Morgan fingerprint density at radius 2 is 1.72 bits per heavy atom.